The van der Waals surface area contributed by atoms with Crippen molar-refractivity contribution in [2.24, 2.45) is 0 Å². The van der Waals surface area contributed by atoms with Gasteiger partial charge >= 0.3 is 5.97 Å². The van der Waals surface area contributed by atoms with Crippen LogP contribution in [0.2, 0.25) is 0 Å². The lowest BCUT2D eigenvalue weighted by Crippen LogP contribution is -2.42. The summed E-state index contributed by atoms with van der Waals surface area (Å²) in [7, 11) is 0. The third kappa shape index (κ3) is 3.25. The molecule has 2 aromatic carbocycles. The summed E-state index contributed by atoms with van der Waals surface area (Å²) in [6.07, 6.45) is 1.75. The molecule has 0 spiro atoms. The highest BCUT2D eigenvalue weighted by molar-refractivity contribution is 6.01. The van der Waals surface area contributed by atoms with Gasteiger partial charge in [-0.2, -0.15) is 0 Å². The summed E-state index contributed by atoms with van der Waals surface area (Å²) in [6.45, 7) is 0. The molecule has 3 rings (SSSR count). The van der Waals surface area contributed by atoms with Gasteiger partial charge in [0, 0.05) is 23.5 Å². The number of fused-ring (bicyclic) bond motifs is 1. The summed E-state index contributed by atoms with van der Waals surface area (Å²) >= 11 is 0. The van der Waals surface area contributed by atoms with Crippen molar-refractivity contribution >= 4 is 22.8 Å². The number of benzene rings is 2. The monoisotopic (exact) mass is 340 g/mol. The van der Waals surface area contributed by atoms with Crippen LogP contribution in [0.25, 0.3) is 10.9 Å². The molecular weight excluding hydrogens is 324 g/mol. The fourth-order valence-electron chi connectivity index (χ4n) is 2.71. The number of H-pyrrole nitrogens is 1. The number of nitrogens with one attached hydrogen (secondary N) is 2. The summed E-state index contributed by atoms with van der Waals surface area (Å²) in [6, 6.07) is 10.1. The van der Waals surface area contributed by atoms with Crippen LogP contribution in [0.15, 0.2) is 48.7 Å². The van der Waals surface area contributed by atoms with Crippen molar-refractivity contribution in [3.8, 4) is 11.5 Å². The molecular formula is C18H16N2O5. The number of phenolic OH excluding ortho intramolecular Hbond substituents is 2. The fraction of sp³-hybridized carbons (Fsp3) is 0.111. The topological polar surface area (TPSA) is 123 Å². The number of carbonyl (C=O) groups excluding carboxylic acids is 1. The molecule has 1 amide bonds. The zero-order valence-electron chi connectivity index (χ0n) is 13.1. The maximum absolute atomic E-state index is 12.3. The second-order valence-corrected chi connectivity index (χ2v) is 5.60. The van der Waals surface area contributed by atoms with Crippen LogP contribution in [-0.2, 0) is 11.2 Å². The lowest BCUT2D eigenvalue weighted by atomic mass is 10.0. The Balaban J connectivity index is 1.85. The van der Waals surface area contributed by atoms with E-state index in [4.69, 9.17) is 0 Å². The number of carboxylic acid groups (broad SMARTS) is 1. The minimum absolute atomic E-state index is 0.0550. The van der Waals surface area contributed by atoms with E-state index in [0.29, 0.717) is 0 Å². The van der Waals surface area contributed by atoms with Crippen molar-refractivity contribution in [2.45, 2.75) is 12.5 Å². The average molecular weight is 340 g/mol. The number of hydrogen-bond donors (Lipinski definition) is 5. The molecule has 1 aromatic heterocycles. The largest absolute Gasteiger partial charge is 0.507 e. The molecule has 25 heavy (non-hydrogen) atoms. The Morgan fingerprint density at radius 2 is 1.72 bits per heavy atom. The standard InChI is InChI=1S/C18H16N2O5/c21-14-6-3-7-15(22)16(14)17(23)20-13(18(24)25)8-10-9-19-12-5-2-1-4-11(10)12/h1-7,9,13,19,21-22H,8H2,(H,20,23)(H,24,25)/t13-/m0/s1. The van der Waals surface area contributed by atoms with Crippen LogP contribution in [0.4, 0.5) is 0 Å². The maximum atomic E-state index is 12.3. The van der Waals surface area contributed by atoms with Crippen molar-refractivity contribution in [1.82, 2.24) is 10.3 Å². The summed E-state index contributed by atoms with van der Waals surface area (Å²) < 4.78 is 0. The first-order chi connectivity index (χ1) is 12.0. The Bertz CT molecular complexity index is 927. The Morgan fingerprint density at radius 3 is 2.40 bits per heavy atom. The van der Waals surface area contributed by atoms with E-state index in [2.05, 4.69) is 10.3 Å². The number of para-hydroxylation sites is 1. The maximum Gasteiger partial charge on any atom is 0.326 e. The Labute approximate surface area is 142 Å². The third-order valence-corrected chi connectivity index (χ3v) is 3.95. The van der Waals surface area contributed by atoms with Crippen LogP contribution in [-0.4, -0.2) is 38.2 Å². The molecule has 0 fully saturated rings. The van der Waals surface area contributed by atoms with Gasteiger partial charge in [0.15, 0.2) is 0 Å². The number of carboxylic acids is 1. The molecule has 7 heteroatoms. The molecule has 0 aliphatic heterocycles. The highest BCUT2D eigenvalue weighted by atomic mass is 16.4. The molecule has 0 saturated carbocycles. The SMILES string of the molecule is O=C(N[C@@H](Cc1c[nH]c2ccccc12)C(=O)O)c1c(O)cccc1O. The van der Waals surface area contributed by atoms with Gasteiger partial charge in [0.25, 0.3) is 5.91 Å². The molecule has 0 bridgehead atoms. The van der Waals surface area contributed by atoms with Crippen LogP contribution in [0.5, 0.6) is 11.5 Å². The lowest BCUT2D eigenvalue weighted by Gasteiger charge is -2.15. The van der Waals surface area contributed by atoms with E-state index in [-0.39, 0.29) is 12.0 Å². The van der Waals surface area contributed by atoms with E-state index in [9.17, 15) is 24.9 Å². The predicted molar refractivity (Wildman–Crippen MR) is 90.7 cm³/mol. The number of amides is 1. The molecule has 0 aliphatic rings. The van der Waals surface area contributed by atoms with Gasteiger partial charge in [-0.05, 0) is 23.8 Å². The van der Waals surface area contributed by atoms with Crippen LogP contribution >= 0.6 is 0 Å². The number of aromatic nitrogens is 1. The summed E-state index contributed by atoms with van der Waals surface area (Å²) in [5, 5.41) is 32.1. The fourth-order valence-corrected chi connectivity index (χ4v) is 2.71. The molecule has 1 heterocycles. The van der Waals surface area contributed by atoms with Crippen LogP contribution in [0, 0.1) is 0 Å². The molecule has 7 nitrogen and oxygen atoms in total. The zero-order chi connectivity index (χ0) is 18.0. The molecule has 3 aromatic rings. The second-order valence-electron chi connectivity index (χ2n) is 5.60. The normalized spacial score (nSPS) is 12.0. The number of aromatic amines is 1. The zero-order valence-corrected chi connectivity index (χ0v) is 13.1. The first-order valence-electron chi connectivity index (χ1n) is 7.57. The highest BCUT2D eigenvalue weighted by Gasteiger charge is 2.25. The van der Waals surface area contributed by atoms with E-state index in [1.165, 1.54) is 18.2 Å². The lowest BCUT2D eigenvalue weighted by molar-refractivity contribution is -0.139. The molecule has 5 N–H and O–H groups in total. The minimum atomic E-state index is -1.22. The van der Waals surface area contributed by atoms with Crippen LogP contribution < -0.4 is 5.32 Å². The van der Waals surface area contributed by atoms with E-state index in [1.54, 1.807) is 6.20 Å². The Morgan fingerprint density at radius 1 is 1.04 bits per heavy atom. The molecule has 0 unspecified atom stereocenters. The van der Waals surface area contributed by atoms with E-state index < -0.39 is 29.4 Å². The van der Waals surface area contributed by atoms with Gasteiger partial charge < -0.3 is 25.6 Å². The smallest absolute Gasteiger partial charge is 0.326 e. The summed E-state index contributed by atoms with van der Waals surface area (Å²) in [5.41, 5.74) is 1.25. The third-order valence-electron chi connectivity index (χ3n) is 3.95. The first-order valence-corrected chi connectivity index (χ1v) is 7.57. The molecule has 0 aliphatic carbocycles. The molecule has 128 valence electrons. The summed E-state index contributed by atoms with van der Waals surface area (Å²) in [5.74, 6) is -2.92. The predicted octanol–water partition coefficient (Wildman–Crippen LogP) is 2.00. The number of carbonyl (C=O) groups is 2. The van der Waals surface area contributed by atoms with Gasteiger partial charge in [-0.3, -0.25) is 4.79 Å². The van der Waals surface area contributed by atoms with Crippen molar-refractivity contribution in [2.75, 3.05) is 0 Å². The van der Waals surface area contributed by atoms with Crippen molar-refractivity contribution in [3.63, 3.8) is 0 Å². The van der Waals surface area contributed by atoms with Gasteiger partial charge in [0.2, 0.25) is 0 Å². The summed E-state index contributed by atoms with van der Waals surface area (Å²) in [4.78, 5) is 26.9. The van der Waals surface area contributed by atoms with Crippen molar-refractivity contribution in [3.05, 3.63) is 59.8 Å². The highest BCUT2D eigenvalue weighted by Crippen LogP contribution is 2.26. The number of aromatic hydroxyl groups is 2. The number of hydrogen-bond acceptors (Lipinski definition) is 4. The van der Waals surface area contributed by atoms with Crippen molar-refractivity contribution < 1.29 is 24.9 Å². The average Bonchev–Trinajstić information content (AvgIpc) is 2.97. The second kappa shape index (κ2) is 6.56. The quantitative estimate of drug-likeness (QED) is 0.486. The van der Waals surface area contributed by atoms with Crippen LogP contribution in [0.1, 0.15) is 15.9 Å². The van der Waals surface area contributed by atoms with Gasteiger partial charge in [0.05, 0.1) is 0 Å². The Hall–Kier alpha value is -3.48. The first kappa shape index (κ1) is 16.4. The molecule has 1 atom stereocenters. The van der Waals surface area contributed by atoms with E-state index in [1.807, 2.05) is 24.3 Å². The van der Waals surface area contributed by atoms with E-state index in [0.717, 1.165) is 16.5 Å². The van der Waals surface area contributed by atoms with Crippen LogP contribution in [0.3, 0.4) is 0 Å². The van der Waals surface area contributed by atoms with Gasteiger partial charge in [0.1, 0.15) is 23.1 Å². The van der Waals surface area contributed by atoms with Gasteiger partial charge in [-0.1, -0.05) is 24.3 Å². The van der Waals surface area contributed by atoms with Gasteiger partial charge in [-0.15, -0.1) is 0 Å². The number of phenols is 2. The molecule has 0 radical (unpaired) electrons. The minimum Gasteiger partial charge on any atom is -0.507 e. The van der Waals surface area contributed by atoms with E-state index >= 15 is 0 Å². The number of rotatable bonds is 5. The van der Waals surface area contributed by atoms with Crippen molar-refractivity contribution in [1.29, 1.82) is 0 Å². The Kier molecular flexibility index (Phi) is 4.30. The number of aliphatic carboxylic acids is 1. The molecule has 0 saturated heterocycles. The van der Waals surface area contributed by atoms with Gasteiger partial charge in [-0.25, -0.2) is 4.79 Å².